The molecule has 1 aromatic carbocycles. The van der Waals surface area contributed by atoms with Crippen molar-refractivity contribution in [3.8, 4) is 0 Å². The lowest BCUT2D eigenvalue weighted by molar-refractivity contribution is -0.156. The van der Waals surface area contributed by atoms with Crippen LogP contribution in [0.15, 0.2) is 16.6 Å². The number of aliphatic hydroxyl groups is 2. The average Bonchev–Trinajstić information content (AvgIpc) is 2.32. The Morgan fingerprint density at radius 2 is 2.06 bits per heavy atom. The van der Waals surface area contributed by atoms with Crippen molar-refractivity contribution in [3.63, 3.8) is 0 Å². The Balaban J connectivity index is 3.16. The highest BCUT2D eigenvalue weighted by Crippen LogP contribution is 2.31. The molecule has 0 saturated heterocycles. The molecule has 0 aliphatic heterocycles. The minimum absolute atomic E-state index is 0.164. The number of ether oxygens (including phenoxy) is 1. The number of carbonyl (C=O) groups is 1. The van der Waals surface area contributed by atoms with Gasteiger partial charge in [0.15, 0.2) is 6.10 Å². The summed E-state index contributed by atoms with van der Waals surface area (Å²) in [7, 11) is 1.07. The van der Waals surface area contributed by atoms with Gasteiger partial charge in [0.2, 0.25) is 0 Å². The maximum atomic E-state index is 13.6. The van der Waals surface area contributed by atoms with Crippen LogP contribution < -0.4 is 0 Å². The molecule has 2 N–H and O–H groups in total. The number of hydrogen-bond acceptors (Lipinski definition) is 4. The van der Waals surface area contributed by atoms with Crippen molar-refractivity contribution in [1.29, 1.82) is 0 Å². The molecule has 17 heavy (non-hydrogen) atoms. The summed E-state index contributed by atoms with van der Waals surface area (Å²) in [6, 6.07) is 2.67. The molecule has 0 aromatic heterocycles. The Bertz CT molecular complexity index is 436. The van der Waals surface area contributed by atoms with Gasteiger partial charge in [0.25, 0.3) is 0 Å². The van der Waals surface area contributed by atoms with Crippen molar-refractivity contribution in [2.75, 3.05) is 7.11 Å². The number of aryl methyl sites for hydroxylation is 1. The van der Waals surface area contributed by atoms with Gasteiger partial charge in [-0.2, -0.15) is 0 Å². The predicted molar refractivity (Wildman–Crippen MR) is 61.8 cm³/mol. The summed E-state index contributed by atoms with van der Waals surface area (Å²) >= 11 is 3.11. The highest BCUT2D eigenvalue weighted by Gasteiger charge is 2.30. The van der Waals surface area contributed by atoms with Crippen LogP contribution in [0.3, 0.4) is 0 Å². The smallest absolute Gasteiger partial charge is 0.337 e. The summed E-state index contributed by atoms with van der Waals surface area (Å²) in [5, 5.41) is 19.2. The number of hydrogen-bond donors (Lipinski definition) is 2. The summed E-state index contributed by atoms with van der Waals surface area (Å²) in [6.07, 6.45) is -3.51. The molecule has 0 spiro atoms. The van der Waals surface area contributed by atoms with E-state index in [0.29, 0.717) is 10.0 Å². The van der Waals surface area contributed by atoms with Crippen LogP contribution in [0.5, 0.6) is 0 Å². The molecule has 94 valence electrons. The van der Waals surface area contributed by atoms with Gasteiger partial charge in [-0.25, -0.2) is 9.18 Å². The molecule has 0 radical (unpaired) electrons. The van der Waals surface area contributed by atoms with E-state index in [1.807, 2.05) is 0 Å². The van der Waals surface area contributed by atoms with Gasteiger partial charge in [-0.3, -0.25) is 0 Å². The monoisotopic (exact) mass is 306 g/mol. The molecular weight excluding hydrogens is 295 g/mol. The third-order valence-corrected chi connectivity index (χ3v) is 3.41. The zero-order valence-corrected chi connectivity index (χ0v) is 10.9. The zero-order valence-electron chi connectivity index (χ0n) is 9.28. The number of benzene rings is 1. The fourth-order valence-corrected chi connectivity index (χ4v) is 1.91. The van der Waals surface area contributed by atoms with Crippen LogP contribution in [-0.4, -0.2) is 29.4 Å². The first-order valence-corrected chi connectivity index (χ1v) is 5.58. The molecule has 0 aliphatic rings. The fraction of sp³-hybridized carbons (Fsp3) is 0.364. The molecule has 0 amide bonds. The topological polar surface area (TPSA) is 66.8 Å². The Labute approximate surface area is 106 Å². The van der Waals surface area contributed by atoms with Crippen molar-refractivity contribution in [1.82, 2.24) is 0 Å². The van der Waals surface area contributed by atoms with Gasteiger partial charge in [-0.1, -0.05) is 22.0 Å². The summed E-state index contributed by atoms with van der Waals surface area (Å²) < 4.78 is 18.1. The molecule has 0 heterocycles. The largest absolute Gasteiger partial charge is 0.467 e. The molecule has 0 saturated carbocycles. The quantitative estimate of drug-likeness (QED) is 0.830. The first-order chi connectivity index (χ1) is 7.90. The molecular formula is C11H12BrFO4. The SMILES string of the molecule is COC(=O)C(O)C(O)c1c(F)ccc(C)c1Br. The van der Waals surface area contributed by atoms with Crippen molar-refractivity contribution in [2.24, 2.45) is 0 Å². The maximum absolute atomic E-state index is 13.6. The number of esters is 1. The van der Waals surface area contributed by atoms with Gasteiger partial charge in [0, 0.05) is 10.0 Å². The Kier molecular flexibility index (Phi) is 4.62. The van der Waals surface area contributed by atoms with Gasteiger partial charge >= 0.3 is 5.97 Å². The highest BCUT2D eigenvalue weighted by molar-refractivity contribution is 9.10. The Morgan fingerprint density at radius 3 is 2.59 bits per heavy atom. The lowest BCUT2D eigenvalue weighted by atomic mass is 10.0. The number of carbonyl (C=O) groups excluding carboxylic acids is 1. The van der Waals surface area contributed by atoms with Gasteiger partial charge in [-0.15, -0.1) is 0 Å². The highest BCUT2D eigenvalue weighted by atomic mass is 79.9. The van der Waals surface area contributed by atoms with E-state index in [4.69, 9.17) is 0 Å². The van der Waals surface area contributed by atoms with Gasteiger partial charge < -0.3 is 14.9 Å². The summed E-state index contributed by atoms with van der Waals surface area (Å²) in [4.78, 5) is 11.1. The molecule has 6 heteroatoms. The zero-order chi connectivity index (χ0) is 13.2. The van der Waals surface area contributed by atoms with Crippen molar-refractivity contribution >= 4 is 21.9 Å². The molecule has 0 bridgehead atoms. The molecule has 2 unspecified atom stereocenters. The molecule has 4 nitrogen and oxygen atoms in total. The minimum atomic E-state index is -1.83. The van der Waals surface area contributed by atoms with Crippen molar-refractivity contribution < 1.29 is 24.1 Å². The normalized spacial score (nSPS) is 14.2. The average molecular weight is 307 g/mol. The Hall–Kier alpha value is -0.980. The van der Waals surface area contributed by atoms with E-state index < -0.39 is 24.0 Å². The second-order valence-corrected chi connectivity index (χ2v) is 4.30. The third-order valence-electron chi connectivity index (χ3n) is 2.36. The van der Waals surface area contributed by atoms with Crippen LogP contribution in [0.1, 0.15) is 17.2 Å². The Morgan fingerprint density at radius 1 is 1.47 bits per heavy atom. The lowest BCUT2D eigenvalue weighted by Gasteiger charge is -2.18. The standard InChI is InChI=1S/C11H12BrFO4/c1-5-3-4-6(13)7(8(5)12)9(14)10(15)11(16)17-2/h3-4,9-10,14-15H,1-2H3. The summed E-state index contributed by atoms with van der Waals surface area (Å²) in [6.45, 7) is 1.70. The molecule has 2 atom stereocenters. The van der Waals surface area contributed by atoms with E-state index in [-0.39, 0.29) is 5.56 Å². The number of halogens is 2. The van der Waals surface area contributed by atoms with Crippen LogP contribution in [0.25, 0.3) is 0 Å². The van der Waals surface area contributed by atoms with E-state index in [9.17, 15) is 19.4 Å². The van der Waals surface area contributed by atoms with Crippen LogP contribution in [0, 0.1) is 12.7 Å². The van der Waals surface area contributed by atoms with Gasteiger partial charge in [-0.05, 0) is 18.6 Å². The second-order valence-electron chi connectivity index (χ2n) is 3.50. The second kappa shape index (κ2) is 5.57. The first kappa shape index (κ1) is 14.1. The van der Waals surface area contributed by atoms with Crippen LogP contribution in [0.2, 0.25) is 0 Å². The van der Waals surface area contributed by atoms with Crippen LogP contribution in [-0.2, 0) is 9.53 Å². The molecule has 0 aliphatic carbocycles. The van der Waals surface area contributed by atoms with Crippen LogP contribution >= 0.6 is 15.9 Å². The van der Waals surface area contributed by atoms with Crippen LogP contribution in [0.4, 0.5) is 4.39 Å². The molecule has 1 aromatic rings. The fourth-order valence-electron chi connectivity index (χ4n) is 1.36. The lowest BCUT2D eigenvalue weighted by Crippen LogP contribution is -2.29. The summed E-state index contributed by atoms with van der Waals surface area (Å²) in [5.41, 5.74) is 0.514. The first-order valence-electron chi connectivity index (χ1n) is 4.78. The van der Waals surface area contributed by atoms with E-state index in [1.165, 1.54) is 6.07 Å². The van der Waals surface area contributed by atoms with E-state index >= 15 is 0 Å². The van der Waals surface area contributed by atoms with E-state index in [0.717, 1.165) is 13.2 Å². The van der Waals surface area contributed by atoms with Crippen molar-refractivity contribution in [3.05, 3.63) is 33.5 Å². The van der Waals surface area contributed by atoms with Gasteiger partial charge in [0.05, 0.1) is 7.11 Å². The third kappa shape index (κ3) is 2.83. The van der Waals surface area contributed by atoms with Crippen molar-refractivity contribution in [2.45, 2.75) is 19.1 Å². The molecule has 0 fully saturated rings. The number of aliphatic hydroxyl groups excluding tert-OH is 2. The predicted octanol–water partition coefficient (Wildman–Crippen LogP) is 1.46. The number of rotatable bonds is 3. The van der Waals surface area contributed by atoms with E-state index in [2.05, 4.69) is 20.7 Å². The maximum Gasteiger partial charge on any atom is 0.337 e. The number of methoxy groups -OCH3 is 1. The van der Waals surface area contributed by atoms with E-state index in [1.54, 1.807) is 6.92 Å². The summed E-state index contributed by atoms with van der Waals surface area (Å²) in [5.74, 6) is -1.73. The van der Waals surface area contributed by atoms with Gasteiger partial charge in [0.1, 0.15) is 11.9 Å². The minimum Gasteiger partial charge on any atom is -0.467 e. The molecule has 1 rings (SSSR count).